The van der Waals surface area contributed by atoms with E-state index in [0.29, 0.717) is 0 Å². The van der Waals surface area contributed by atoms with Crippen LogP contribution in [0.5, 0.6) is 0 Å². The molecule has 27 heavy (non-hydrogen) atoms. The number of aromatic nitrogens is 1. The van der Waals surface area contributed by atoms with Crippen molar-refractivity contribution in [3.8, 4) is 0 Å². The average Bonchev–Trinajstić information content (AvgIpc) is 2.59. The zero-order valence-electron chi connectivity index (χ0n) is 16.0. The third-order valence-corrected chi connectivity index (χ3v) is 4.90. The van der Waals surface area contributed by atoms with Crippen molar-refractivity contribution in [3.63, 3.8) is 0 Å². The lowest BCUT2D eigenvalue weighted by molar-refractivity contribution is -0.114. The molecule has 8 heteroatoms. The second-order valence-corrected chi connectivity index (χ2v) is 8.25. The first kappa shape index (κ1) is 21.5. The molecule has 0 saturated carbocycles. The molecule has 1 saturated heterocycles. The number of carbonyl (C=O) groups is 2. The van der Waals surface area contributed by atoms with Crippen LogP contribution < -0.4 is 0 Å². The Morgan fingerprint density at radius 3 is 2.41 bits per heavy atom. The van der Waals surface area contributed by atoms with Gasteiger partial charge >= 0.3 is 6.09 Å². The van der Waals surface area contributed by atoms with Crippen LogP contribution in [0, 0.1) is 0 Å². The summed E-state index contributed by atoms with van der Waals surface area (Å²) in [6.07, 6.45) is 0.416. The van der Waals surface area contributed by atoms with E-state index in [1.807, 2.05) is 0 Å². The minimum Gasteiger partial charge on any atom is -0.444 e. The monoisotopic (exact) mass is 402 g/mol. The van der Waals surface area contributed by atoms with Crippen LogP contribution in [0.2, 0.25) is 5.15 Å². The van der Waals surface area contributed by atoms with Gasteiger partial charge in [0.05, 0.1) is 11.1 Å². The van der Waals surface area contributed by atoms with Gasteiger partial charge in [-0.1, -0.05) is 18.5 Å². The second kappa shape index (κ2) is 7.70. The van der Waals surface area contributed by atoms with E-state index in [1.165, 1.54) is 17.9 Å². The van der Waals surface area contributed by atoms with Crippen molar-refractivity contribution in [2.45, 2.75) is 63.9 Å². The highest BCUT2D eigenvalue weighted by Gasteiger charge is 2.41. The van der Waals surface area contributed by atoms with Gasteiger partial charge in [0.25, 0.3) is 5.92 Å². The summed E-state index contributed by atoms with van der Waals surface area (Å²) in [6, 6.07) is 2.38. The summed E-state index contributed by atoms with van der Waals surface area (Å²) < 4.78 is 33.6. The summed E-state index contributed by atoms with van der Waals surface area (Å²) in [5.74, 6) is -3.05. The zero-order chi connectivity index (χ0) is 20.5. The summed E-state index contributed by atoms with van der Waals surface area (Å²) >= 11 is 5.96. The highest BCUT2D eigenvalue weighted by atomic mass is 35.5. The number of ether oxygens (including phenoxy) is 1. The summed E-state index contributed by atoms with van der Waals surface area (Å²) in [4.78, 5) is 29.8. The van der Waals surface area contributed by atoms with Crippen LogP contribution in [0.1, 0.15) is 58.2 Å². The summed E-state index contributed by atoms with van der Waals surface area (Å²) in [6.45, 7) is 7.23. The maximum atomic E-state index is 14.1. The number of aldehydes is 1. The van der Waals surface area contributed by atoms with Gasteiger partial charge in [-0.15, -0.1) is 0 Å². The normalized spacial score (nSPS) is 17.5. The van der Waals surface area contributed by atoms with Crippen molar-refractivity contribution < 1.29 is 23.1 Å². The molecule has 0 spiro atoms. The summed E-state index contributed by atoms with van der Waals surface area (Å²) in [5, 5.41) is -0.0774. The van der Waals surface area contributed by atoms with E-state index in [-0.39, 0.29) is 48.8 Å². The van der Waals surface area contributed by atoms with Crippen molar-refractivity contribution in [3.05, 3.63) is 28.5 Å². The number of halogens is 3. The Kier molecular flexibility index (Phi) is 6.14. The van der Waals surface area contributed by atoms with E-state index in [1.54, 1.807) is 20.8 Å². The van der Waals surface area contributed by atoms with Crippen LogP contribution in [-0.2, 0) is 20.9 Å². The molecule has 2 heterocycles. The molecule has 1 aliphatic heterocycles. The van der Waals surface area contributed by atoms with E-state index in [0.717, 1.165) is 12.4 Å². The van der Waals surface area contributed by atoms with Crippen molar-refractivity contribution in [2.24, 2.45) is 0 Å². The number of amides is 1. The van der Waals surface area contributed by atoms with Gasteiger partial charge in [-0.05, 0) is 45.7 Å². The predicted molar refractivity (Wildman–Crippen MR) is 98.2 cm³/mol. The van der Waals surface area contributed by atoms with Crippen LogP contribution in [0.3, 0.4) is 0 Å². The largest absolute Gasteiger partial charge is 0.444 e. The van der Waals surface area contributed by atoms with Gasteiger partial charge in [0, 0.05) is 25.1 Å². The number of nitrogens with zero attached hydrogens (tertiary/aromatic N) is 2. The Morgan fingerprint density at radius 2 is 1.93 bits per heavy atom. The molecule has 0 unspecified atom stereocenters. The fraction of sp³-hybridized carbons (Fsp3) is 0.632. The van der Waals surface area contributed by atoms with Crippen LogP contribution >= 0.6 is 11.6 Å². The number of rotatable bonds is 4. The molecular weight excluding hydrogens is 378 g/mol. The van der Waals surface area contributed by atoms with Gasteiger partial charge < -0.3 is 14.4 Å². The predicted octanol–water partition coefficient (Wildman–Crippen LogP) is 4.70. The topological polar surface area (TPSA) is 59.5 Å². The zero-order valence-corrected chi connectivity index (χ0v) is 16.8. The molecule has 0 bridgehead atoms. The van der Waals surface area contributed by atoms with Crippen LogP contribution in [-0.4, -0.2) is 41.0 Å². The molecule has 0 atom stereocenters. The standard InChI is InChI=1S/C19H25ClF2N2O3/c1-5-19(21,22)13-10-14(23-15(20)11-13)18(12-25)6-8-24(9-7-18)16(26)27-17(2,3)4/h10-12H,5-9H2,1-4H3. The molecule has 1 fully saturated rings. The number of piperidine rings is 1. The molecule has 0 aromatic carbocycles. The number of hydrogen-bond acceptors (Lipinski definition) is 4. The summed E-state index contributed by atoms with van der Waals surface area (Å²) in [7, 11) is 0. The number of alkyl halides is 2. The van der Waals surface area contributed by atoms with E-state index in [2.05, 4.69) is 4.98 Å². The Balaban J connectivity index is 2.25. The van der Waals surface area contributed by atoms with Crippen LogP contribution in [0.15, 0.2) is 12.1 Å². The SMILES string of the molecule is CCC(F)(F)c1cc(Cl)nc(C2(C=O)CCN(C(=O)OC(C)(C)C)CC2)c1. The molecule has 0 N–H and O–H groups in total. The van der Waals surface area contributed by atoms with Crippen LogP contribution in [0.25, 0.3) is 0 Å². The fourth-order valence-electron chi connectivity index (χ4n) is 3.02. The number of likely N-dealkylation sites (tertiary alicyclic amines) is 1. The van der Waals surface area contributed by atoms with Gasteiger partial charge in [-0.3, -0.25) is 0 Å². The number of carbonyl (C=O) groups excluding carboxylic acids is 2. The molecule has 1 aromatic rings. The molecular formula is C19H25ClF2N2O3. The highest BCUT2D eigenvalue weighted by Crippen LogP contribution is 2.38. The molecule has 5 nitrogen and oxygen atoms in total. The smallest absolute Gasteiger partial charge is 0.410 e. The second-order valence-electron chi connectivity index (χ2n) is 7.86. The molecule has 2 rings (SSSR count). The third-order valence-electron chi connectivity index (χ3n) is 4.70. The Bertz CT molecular complexity index is 711. The Morgan fingerprint density at radius 1 is 1.33 bits per heavy atom. The number of hydrogen-bond donors (Lipinski definition) is 0. The minimum atomic E-state index is -3.05. The van der Waals surface area contributed by atoms with E-state index in [4.69, 9.17) is 16.3 Å². The first-order chi connectivity index (χ1) is 12.4. The highest BCUT2D eigenvalue weighted by molar-refractivity contribution is 6.29. The van der Waals surface area contributed by atoms with Gasteiger partial charge in [-0.2, -0.15) is 0 Å². The van der Waals surface area contributed by atoms with Crippen LogP contribution in [0.4, 0.5) is 13.6 Å². The van der Waals surface area contributed by atoms with Crippen molar-refractivity contribution in [1.29, 1.82) is 0 Å². The maximum absolute atomic E-state index is 14.1. The molecule has 150 valence electrons. The molecule has 1 amide bonds. The van der Waals surface area contributed by atoms with Gasteiger partial charge in [-0.25, -0.2) is 18.6 Å². The van der Waals surface area contributed by atoms with E-state index < -0.39 is 23.0 Å². The Labute approximate surface area is 163 Å². The van der Waals surface area contributed by atoms with Gasteiger partial charge in [0.1, 0.15) is 17.0 Å². The lowest BCUT2D eigenvalue weighted by Gasteiger charge is -2.38. The van der Waals surface area contributed by atoms with E-state index >= 15 is 0 Å². The molecule has 1 aliphatic rings. The fourth-order valence-corrected chi connectivity index (χ4v) is 3.23. The molecule has 0 radical (unpaired) electrons. The molecule has 1 aromatic heterocycles. The maximum Gasteiger partial charge on any atom is 0.410 e. The van der Waals surface area contributed by atoms with Gasteiger partial charge in [0.2, 0.25) is 0 Å². The lowest BCUT2D eigenvalue weighted by Crippen LogP contribution is -2.47. The van der Waals surface area contributed by atoms with Crippen molar-refractivity contribution in [1.82, 2.24) is 9.88 Å². The Hall–Kier alpha value is -1.76. The molecule has 0 aliphatic carbocycles. The first-order valence-corrected chi connectivity index (χ1v) is 9.31. The quantitative estimate of drug-likeness (QED) is 0.540. The van der Waals surface area contributed by atoms with Crippen molar-refractivity contribution >= 4 is 24.0 Å². The van der Waals surface area contributed by atoms with E-state index in [9.17, 15) is 18.4 Å². The van der Waals surface area contributed by atoms with Crippen molar-refractivity contribution in [2.75, 3.05) is 13.1 Å². The first-order valence-electron chi connectivity index (χ1n) is 8.93. The minimum absolute atomic E-state index is 0.0774. The third kappa shape index (κ3) is 4.94. The number of pyridine rings is 1. The lowest BCUT2D eigenvalue weighted by atomic mass is 9.76. The van der Waals surface area contributed by atoms with Gasteiger partial charge in [0.15, 0.2) is 0 Å². The summed E-state index contributed by atoms with van der Waals surface area (Å²) in [5.41, 5.74) is -1.71. The average molecular weight is 403 g/mol.